The van der Waals surface area contributed by atoms with Crippen LogP contribution >= 0.6 is 17.0 Å². The van der Waals surface area contributed by atoms with Gasteiger partial charge in [-0.1, -0.05) is 0 Å². The van der Waals surface area contributed by atoms with Crippen molar-refractivity contribution in [1.29, 1.82) is 0 Å². The minimum absolute atomic E-state index is 2.97. The quantitative estimate of drug-likeness (QED) is 0.636. The molecule has 0 aromatic rings. The Morgan fingerprint density at radius 3 is 0.800 bits per heavy atom. The van der Waals surface area contributed by atoms with Crippen LogP contribution in [0.25, 0.3) is 0 Å². The van der Waals surface area contributed by atoms with Crippen LogP contribution in [0.5, 0.6) is 0 Å². The van der Waals surface area contributed by atoms with E-state index in [1.165, 1.54) is 0 Å². The fourth-order valence-electron chi connectivity index (χ4n) is 0. The molecule has 0 atom stereocenters. The fourth-order valence-corrected chi connectivity index (χ4v) is 0. The van der Waals surface area contributed by atoms with E-state index in [0.29, 0.717) is 0 Å². The van der Waals surface area contributed by atoms with Crippen LogP contribution < -0.4 is 0 Å². The molecule has 0 aliphatic carbocycles. The molecule has 36 valence electrons. The van der Waals surface area contributed by atoms with Crippen LogP contribution in [0.2, 0.25) is 0 Å². The zero-order chi connectivity index (χ0) is 4.50. The topological polar surface area (TPSA) is 0 Å². The first-order valence-electron chi connectivity index (χ1n) is 0.535. The van der Waals surface area contributed by atoms with Crippen molar-refractivity contribution in [2.75, 3.05) is 0 Å². The molecule has 0 aliphatic heterocycles. The molecule has 0 nitrogen and oxygen atoms in total. The summed E-state index contributed by atoms with van der Waals surface area (Å²) in [6.07, 6.45) is 0. The van der Waals surface area contributed by atoms with Crippen molar-refractivity contribution < 1.29 is 32.5 Å². The summed E-state index contributed by atoms with van der Waals surface area (Å²) in [6, 6.07) is 0. The van der Waals surface area contributed by atoms with Gasteiger partial charge in [0.15, 0.2) is 0 Å². The number of hydrogen-bond donors (Lipinski definition) is 0. The summed E-state index contributed by atoms with van der Waals surface area (Å²) in [4.78, 5) is 0. The molecule has 0 unspecified atom stereocenters. The zero-order valence-corrected chi connectivity index (χ0v) is 6.91. The normalized spacial score (nSPS) is 15.2. The second kappa shape index (κ2) is 2.90. The molecule has 0 spiro atoms. The van der Waals surface area contributed by atoms with E-state index in [1.54, 1.807) is 0 Å². The van der Waals surface area contributed by atoms with E-state index in [0.717, 1.165) is 0 Å². The molecule has 0 amide bonds. The summed E-state index contributed by atoms with van der Waals surface area (Å²) >= 11 is -2.97. The van der Waals surface area contributed by atoms with Crippen LogP contribution in [0.4, 0.5) is 0 Å². The van der Waals surface area contributed by atoms with E-state index in [-0.39, 0.29) is 0 Å². The second-order valence-electron chi connectivity index (χ2n) is 0.303. The Labute approximate surface area is 47.5 Å². The monoisotopic (exact) mass is 272 g/mol. The van der Waals surface area contributed by atoms with Crippen LogP contribution in [0.15, 0.2) is 0 Å². The van der Waals surface area contributed by atoms with Gasteiger partial charge in [0, 0.05) is 0 Å². The molecule has 0 radical (unpaired) electrons. The predicted octanol–water partition coefficient (Wildman–Crippen LogP) is 2.76. The van der Waals surface area contributed by atoms with Crippen molar-refractivity contribution in [1.82, 2.24) is 0 Å². The molecule has 0 heterocycles. The summed E-state index contributed by atoms with van der Waals surface area (Å²) in [6.45, 7) is 0. The van der Waals surface area contributed by atoms with E-state index in [9.17, 15) is 0 Å². The Hall–Kier alpha value is 2.73. The van der Waals surface area contributed by atoms with Crippen molar-refractivity contribution in [2.24, 2.45) is 0 Å². The molecule has 0 N–H and O–H groups in total. The molecular weight excluding hydrogens is 273 g/mol. The van der Waals surface area contributed by atoms with E-state index in [2.05, 4.69) is 0 Å². The van der Waals surface area contributed by atoms with Gasteiger partial charge < -0.3 is 0 Å². The van der Waals surface area contributed by atoms with E-state index in [1.807, 2.05) is 0 Å². The molecule has 0 saturated carbocycles. The SMILES string of the molecule is Cl[Xe](Cl)(Cl)Cl. The van der Waals surface area contributed by atoms with Gasteiger partial charge in [0.05, 0.1) is 0 Å². The average molecular weight is 273 g/mol. The van der Waals surface area contributed by atoms with Crippen molar-refractivity contribution in [3.63, 3.8) is 0 Å². The van der Waals surface area contributed by atoms with Crippen LogP contribution in [0.3, 0.4) is 0 Å². The van der Waals surface area contributed by atoms with E-state index < -0.39 is 32.5 Å². The van der Waals surface area contributed by atoms with Crippen LogP contribution in [-0.4, -0.2) is 0 Å². The maximum absolute atomic E-state index is 5.00. The first-order valence-corrected chi connectivity index (χ1v) is 10.8. The molecule has 0 fully saturated rings. The number of halogens is 4. The maximum atomic E-state index is 5.00. The van der Waals surface area contributed by atoms with Crippen LogP contribution in [0, 0.1) is 32.5 Å². The predicted molar refractivity (Wildman–Crippen MR) is 23.4 cm³/mol. The molecule has 5 heteroatoms. The first kappa shape index (κ1) is 7.73. The third-order valence-corrected chi connectivity index (χ3v) is 0. The molecule has 0 saturated heterocycles. The molecular formula is Cl4Xe. The summed E-state index contributed by atoms with van der Waals surface area (Å²) in [7, 11) is 0. The molecule has 0 bridgehead atoms. The Bertz CT molecular complexity index is 19.1. The summed E-state index contributed by atoms with van der Waals surface area (Å²) < 4.78 is 20.0. The van der Waals surface area contributed by atoms with E-state index in [4.69, 9.17) is 17.0 Å². The average Bonchev–Trinajstić information content (AvgIpc) is 0.722. The van der Waals surface area contributed by atoms with Gasteiger partial charge in [-0.25, -0.2) is 0 Å². The van der Waals surface area contributed by atoms with Crippen molar-refractivity contribution in [3.05, 3.63) is 0 Å². The van der Waals surface area contributed by atoms with Gasteiger partial charge in [-0.15, -0.1) is 0 Å². The summed E-state index contributed by atoms with van der Waals surface area (Å²) in [5, 5.41) is 0. The summed E-state index contributed by atoms with van der Waals surface area (Å²) in [5.41, 5.74) is 0. The third kappa shape index (κ3) is 20.2. The second-order valence-corrected chi connectivity index (χ2v) is 18.3. The van der Waals surface area contributed by atoms with E-state index >= 15 is 0 Å². The first-order chi connectivity index (χ1) is 2.00. The zero-order valence-electron chi connectivity index (χ0n) is 1.87. The Morgan fingerprint density at radius 1 is 0.800 bits per heavy atom. The van der Waals surface area contributed by atoms with Gasteiger partial charge in [0.25, 0.3) is 0 Å². The number of hydrogen-bond acceptors (Lipinski definition) is 0. The van der Waals surface area contributed by atoms with Gasteiger partial charge in [0.1, 0.15) is 0 Å². The van der Waals surface area contributed by atoms with Gasteiger partial charge in [-0.2, -0.15) is 0 Å². The summed E-state index contributed by atoms with van der Waals surface area (Å²) in [5.74, 6) is 0. The molecule has 0 aliphatic rings. The Morgan fingerprint density at radius 2 is 0.800 bits per heavy atom. The van der Waals surface area contributed by atoms with Gasteiger partial charge in [-0.05, 0) is 0 Å². The van der Waals surface area contributed by atoms with Gasteiger partial charge in [-0.3, -0.25) is 0 Å². The van der Waals surface area contributed by atoms with Crippen molar-refractivity contribution in [3.8, 4) is 0 Å². The van der Waals surface area contributed by atoms with Gasteiger partial charge in [0.2, 0.25) is 0 Å². The molecule has 5 heavy (non-hydrogen) atoms. The Kier molecular flexibility index (Phi) is 4.48. The third-order valence-electron chi connectivity index (χ3n) is 0. The van der Waals surface area contributed by atoms with Crippen molar-refractivity contribution in [2.45, 2.75) is 0 Å². The molecule has 0 rings (SSSR count). The fraction of sp³-hybridized carbons (Fsp3) is 0. The van der Waals surface area contributed by atoms with Crippen molar-refractivity contribution >= 4 is 17.0 Å². The van der Waals surface area contributed by atoms with Crippen LogP contribution in [0.1, 0.15) is 0 Å². The molecule has 0 aromatic heterocycles. The van der Waals surface area contributed by atoms with Crippen LogP contribution in [-0.2, 0) is 0 Å². The number of rotatable bonds is 0. The Balaban J connectivity index is 3.02. The molecule has 0 aromatic carbocycles. The standard InChI is InChI=1S/Cl4Xe/c1-5(2,3)4. The van der Waals surface area contributed by atoms with Gasteiger partial charge >= 0.3 is 49.5 Å². The minimum atomic E-state index is -2.97.